The van der Waals surface area contributed by atoms with Gasteiger partial charge in [-0.25, -0.2) is 14.8 Å². The second-order valence-corrected chi connectivity index (χ2v) is 9.50. The minimum atomic E-state index is -0.178. The number of nitrogens with zero attached hydrogens (tertiary/aromatic N) is 3. The number of ether oxygens (including phenoxy) is 1. The Morgan fingerprint density at radius 2 is 2.16 bits per heavy atom. The molecule has 2 aromatic heterocycles. The zero-order valence-corrected chi connectivity index (χ0v) is 19.0. The number of anilines is 1. The van der Waals surface area contributed by atoms with Crippen LogP contribution in [-0.4, -0.2) is 47.6 Å². The molecule has 2 heterocycles. The van der Waals surface area contributed by atoms with Crippen LogP contribution in [0.15, 0.2) is 36.5 Å². The van der Waals surface area contributed by atoms with Crippen molar-refractivity contribution in [3.63, 3.8) is 0 Å². The molecule has 2 unspecified atom stereocenters. The van der Waals surface area contributed by atoms with Gasteiger partial charge < -0.3 is 15.4 Å². The lowest BCUT2D eigenvalue weighted by molar-refractivity contribution is 0.201. The lowest BCUT2D eigenvalue weighted by Crippen LogP contribution is -2.39. The summed E-state index contributed by atoms with van der Waals surface area (Å²) >= 11 is 1.43. The van der Waals surface area contributed by atoms with E-state index in [-0.39, 0.29) is 17.5 Å². The van der Waals surface area contributed by atoms with E-state index < -0.39 is 0 Å². The molecule has 164 valence electrons. The summed E-state index contributed by atoms with van der Waals surface area (Å²) in [7, 11) is 3.38. The quantitative estimate of drug-likeness (QED) is 0.579. The highest BCUT2D eigenvalue weighted by Gasteiger charge is 2.36. The van der Waals surface area contributed by atoms with Gasteiger partial charge in [0.1, 0.15) is 5.52 Å². The molecule has 2 atom stereocenters. The SMILES string of the molecule is COc1ncc(-c2ccccc2)c2sc(NC(=O)N(C)CCC3(C)CCCC3N)nc12. The van der Waals surface area contributed by atoms with E-state index in [1.165, 1.54) is 17.8 Å². The summed E-state index contributed by atoms with van der Waals surface area (Å²) in [5.41, 5.74) is 9.05. The molecule has 8 heteroatoms. The minimum Gasteiger partial charge on any atom is -0.479 e. The molecule has 0 saturated heterocycles. The van der Waals surface area contributed by atoms with Gasteiger partial charge >= 0.3 is 6.03 Å². The summed E-state index contributed by atoms with van der Waals surface area (Å²) in [5, 5.41) is 3.47. The van der Waals surface area contributed by atoms with Gasteiger partial charge in [-0.1, -0.05) is 55.0 Å². The Morgan fingerprint density at radius 3 is 2.84 bits per heavy atom. The van der Waals surface area contributed by atoms with Crippen LogP contribution in [0.2, 0.25) is 0 Å². The molecular weight excluding hydrogens is 410 g/mol. The zero-order chi connectivity index (χ0) is 22.0. The Labute approximate surface area is 186 Å². The summed E-state index contributed by atoms with van der Waals surface area (Å²) in [5.74, 6) is 0.447. The number of nitrogens with one attached hydrogen (secondary N) is 1. The number of pyridine rings is 1. The number of thiazole rings is 1. The van der Waals surface area contributed by atoms with Crippen LogP contribution in [0.5, 0.6) is 5.88 Å². The van der Waals surface area contributed by atoms with Crippen molar-refractivity contribution in [3.8, 4) is 17.0 Å². The summed E-state index contributed by atoms with van der Waals surface area (Å²) < 4.78 is 6.33. The van der Waals surface area contributed by atoms with Gasteiger partial charge in [-0.3, -0.25) is 5.32 Å². The molecule has 0 aliphatic heterocycles. The Kier molecular flexibility index (Phi) is 6.11. The third-order valence-corrected chi connectivity index (χ3v) is 7.40. The number of urea groups is 1. The van der Waals surface area contributed by atoms with E-state index in [2.05, 4.69) is 22.2 Å². The highest BCUT2D eigenvalue weighted by Crippen LogP contribution is 2.40. The Balaban J connectivity index is 1.52. The smallest absolute Gasteiger partial charge is 0.323 e. The van der Waals surface area contributed by atoms with Gasteiger partial charge in [0.2, 0.25) is 5.88 Å². The van der Waals surface area contributed by atoms with E-state index in [0.717, 1.165) is 35.1 Å². The maximum absolute atomic E-state index is 12.8. The summed E-state index contributed by atoms with van der Waals surface area (Å²) in [6, 6.07) is 10.0. The van der Waals surface area contributed by atoms with E-state index in [1.54, 1.807) is 18.2 Å². The van der Waals surface area contributed by atoms with Crippen LogP contribution >= 0.6 is 11.3 Å². The molecule has 1 aromatic carbocycles. The van der Waals surface area contributed by atoms with Crippen LogP contribution in [0.25, 0.3) is 21.3 Å². The maximum atomic E-state index is 12.8. The second-order valence-electron chi connectivity index (χ2n) is 8.50. The third-order valence-electron chi connectivity index (χ3n) is 6.40. The van der Waals surface area contributed by atoms with Crippen molar-refractivity contribution in [2.24, 2.45) is 11.1 Å². The highest BCUT2D eigenvalue weighted by molar-refractivity contribution is 7.23. The first-order valence-electron chi connectivity index (χ1n) is 10.6. The topological polar surface area (TPSA) is 93.4 Å². The molecule has 1 saturated carbocycles. The predicted octanol–water partition coefficient (Wildman–Crippen LogP) is 4.74. The van der Waals surface area contributed by atoms with E-state index in [0.29, 0.717) is 23.1 Å². The third kappa shape index (κ3) is 4.36. The van der Waals surface area contributed by atoms with Gasteiger partial charge in [0.15, 0.2) is 5.13 Å². The molecule has 7 nitrogen and oxygen atoms in total. The van der Waals surface area contributed by atoms with E-state index in [4.69, 9.17) is 10.5 Å². The molecule has 2 amide bonds. The molecule has 1 aliphatic carbocycles. The first kappa shape index (κ1) is 21.5. The van der Waals surface area contributed by atoms with Crippen LogP contribution in [-0.2, 0) is 0 Å². The van der Waals surface area contributed by atoms with Crippen LogP contribution in [0.4, 0.5) is 9.93 Å². The van der Waals surface area contributed by atoms with Crippen molar-refractivity contribution in [2.75, 3.05) is 26.0 Å². The molecule has 3 N–H and O–H groups in total. The number of nitrogens with two attached hydrogens (primary N) is 1. The number of fused-ring (bicyclic) bond motifs is 1. The standard InChI is InChI=1S/C23H29N5O2S/c1-23(11-7-10-17(23)24)12-13-28(2)22(29)27-21-26-18-19(31-21)16(14-25-20(18)30-3)15-8-5-4-6-9-15/h4-6,8-9,14,17H,7,10-13,24H2,1-3H3,(H,26,27,29). The van der Waals surface area contributed by atoms with Crippen LogP contribution in [0.3, 0.4) is 0 Å². The first-order valence-corrected chi connectivity index (χ1v) is 11.4. The van der Waals surface area contributed by atoms with E-state index in [1.807, 2.05) is 37.4 Å². The lowest BCUT2D eigenvalue weighted by Gasteiger charge is -2.31. The Hall–Kier alpha value is -2.71. The second kappa shape index (κ2) is 8.80. The van der Waals surface area contributed by atoms with Gasteiger partial charge in [-0.05, 0) is 30.2 Å². The number of methoxy groups -OCH3 is 1. The zero-order valence-electron chi connectivity index (χ0n) is 18.2. The van der Waals surface area contributed by atoms with Crippen molar-refractivity contribution >= 4 is 32.7 Å². The average molecular weight is 440 g/mol. The lowest BCUT2D eigenvalue weighted by atomic mass is 9.82. The molecule has 0 spiro atoms. The number of hydrogen-bond acceptors (Lipinski definition) is 6. The highest BCUT2D eigenvalue weighted by atomic mass is 32.1. The van der Waals surface area contributed by atoms with E-state index >= 15 is 0 Å². The molecule has 1 aliphatic rings. The van der Waals surface area contributed by atoms with Crippen molar-refractivity contribution < 1.29 is 9.53 Å². The van der Waals surface area contributed by atoms with Crippen LogP contribution < -0.4 is 15.8 Å². The van der Waals surface area contributed by atoms with Crippen molar-refractivity contribution in [1.29, 1.82) is 0 Å². The van der Waals surface area contributed by atoms with E-state index in [9.17, 15) is 4.79 Å². The Bertz CT molecular complexity index is 1070. The fourth-order valence-electron chi connectivity index (χ4n) is 4.20. The van der Waals surface area contributed by atoms with Crippen LogP contribution in [0.1, 0.15) is 32.6 Å². The van der Waals surface area contributed by atoms with Gasteiger partial charge in [0, 0.05) is 31.4 Å². The minimum absolute atomic E-state index is 0.105. The van der Waals surface area contributed by atoms with Gasteiger partial charge in [0.25, 0.3) is 0 Å². The van der Waals surface area contributed by atoms with Gasteiger partial charge in [-0.2, -0.15) is 0 Å². The number of hydrogen-bond donors (Lipinski definition) is 2. The van der Waals surface area contributed by atoms with Crippen molar-refractivity contribution in [2.45, 2.75) is 38.6 Å². The summed E-state index contributed by atoms with van der Waals surface area (Å²) in [6.07, 6.45) is 6.04. The van der Waals surface area contributed by atoms with Crippen LogP contribution in [0, 0.1) is 5.41 Å². The largest absolute Gasteiger partial charge is 0.479 e. The normalized spacial score (nSPS) is 20.7. The summed E-state index contributed by atoms with van der Waals surface area (Å²) in [4.78, 5) is 23.5. The number of aromatic nitrogens is 2. The van der Waals surface area contributed by atoms with Crippen molar-refractivity contribution in [1.82, 2.24) is 14.9 Å². The number of rotatable bonds is 6. The first-order chi connectivity index (χ1) is 14.9. The molecule has 31 heavy (non-hydrogen) atoms. The molecule has 3 aromatic rings. The van der Waals surface area contributed by atoms with Gasteiger partial charge in [-0.15, -0.1) is 0 Å². The Morgan fingerprint density at radius 1 is 1.39 bits per heavy atom. The van der Waals surface area contributed by atoms with Gasteiger partial charge in [0.05, 0.1) is 11.8 Å². The molecule has 0 bridgehead atoms. The number of benzene rings is 1. The van der Waals surface area contributed by atoms with Crippen molar-refractivity contribution in [3.05, 3.63) is 36.5 Å². The number of amides is 2. The fraction of sp³-hybridized carbons (Fsp3) is 0.435. The molecule has 0 radical (unpaired) electrons. The molecular formula is C23H29N5O2S. The number of carbonyl (C=O) groups is 1. The maximum Gasteiger partial charge on any atom is 0.323 e. The monoisotopic (exact) mass is 439 g/mol. The predicted molar refractivity (Wildman–Crippen MR) is 126 cm³/mol. The molecule has 1 fully saturated rings. The fourth-order valence-corrected chi connectivity index (χ4v) is 5.18. The molecule has 4 rings (SSSR count). The average Bonchev–Trinajstić information content (AvgIpc) is 3.35. The summed E-state index contributed by atoms with van der Waals surface area (Å²) in [6.45, 7) is 2.88. The number of carbonyl (C=O) groups excluding carboxylic acids is 1.